The molecule has 88 valence electrons. The average Bonchev–Trinajstić information content (AvgIpc) is 2.68. The van der Waals surface area contributed by atoms with E-state index in [0.717, 1.165) is 10.3 Å². The van der Waals surface area contributed by atoms with E-state index in [1.54, 1.807) is 7.05 Å². The second kappa shape index (κ2) is 4.61. The molecule has 0 bridgehead atoms. The van der Waals surface area contributed by atoms with Gasteiger partial charge in [0.15, 0.2) is 0 Å². The lowest BCUT2D eigenvalue weighted by Crippen LogP contribution is -2.20. The first-order chi connectivity index (χ1) is 8.22. The molecule has 1 aromatic heterocycles. The van der Waals surface area contributed by atoms with Crippen molar-refractivity contribution in [3.63, 3.8) is 0 Å². The molecule has 5 heteroatoms. The van der Waals surface area contributed by atoms with E-state index in [9.17, 15) is 10.2 Å². The summed E-state index contributed by atoms with van der Waals surface area (Å²) in [5.74, 6) is -0.0911. The smallest absolute Gasteiger partial charge is 0.249 e. The van der Waals surface area contributed by atoms with Gasteiger partial charge in [-0.2, -0.15) is 0 Å². The highest BCUT2D eigenvalue weighted by Gasteiger charge is 2.11. The summed E-state index contributed by atoms with van der Waals surface area (Å²) in [5, 5.41) is 18.9. The van der Waals surface area contributed by atoms with Gasteiger partial charge in [0, 0.05) is 24.7 Å². The fourth-order valence-corrected chi connectivity index (χ4v) is 1.39. The van der Waals surface area contributed by atoms with Crippen molar-refractivity contribution in [2.75, 3.05) is 7.05 Å². The third kappa shape index (κ3) is 2.23. The summed E-state index contributed by atoms with van der Waals surface area (Å²) in [7, 11) is 1.57. The Kier molecular flexibility index (Phi) is 3.00. The molecule has 2 rings (SSSR count). The minimum atomic E-state index is -0.195. The molecule has 2 aromatic rings. The maximum absolute atomic E-state index is 9.45. The van der Waals surface area contributed by atoms with Gasteiger partial charge in [-0.25, -0.2) is 0 Å². The van der Waals surface area contributed by atoms with Crippen molar-refractivity contribution in [3.05, 3.63) is 48.0 Å². The summed E-state index contributed by atoms with van der Waals surface area (Å²) in [6, 6.07) is 11.9. The van der Waals surface area contributed by atoms with Crippen molar-refractivity contribution in [1.29, 1.82) is 0 Å². The standard InChI is InChI=1S/C12H12N2O3/c1-13-12(9-5-3-2-4-6-9)17-14-10(15)7-8-11(14)16/h2-8,15-16H,1H3. The number of aliphatic imine (C=N–C) groups is 1. The molecule has 0 atom stereocenters. The van der Waals surface area contributed by atoms with E-state index < -0.39 is 0 Å². The lowest BCUT2D eigenvalue weighted by atomic mass is 10.2. The minimum absolute atomic E-state index is 0.195. The highest BCUT2D eigenvalue weighted by molar-refractivity contribution is 5.94. The summed E-state index contributed by atoms with van der Waals surface area (Å²) in [6.07, 6.45) is 0. The Hall–Kier alpha value is -2.43. The number of aromatic hydroxyl groups is 2. The lowest BCUT2D eigenvalue weighted by Gasteiger charge is -2.10. The highest BCUT2D eigenvalue weighted by atomic mass is 16.7. The Morgan fingerprint density at radius 1 is 1.06 bits per heavy atom. The van der Waals surface area contributed by atoms with Gasteiger partial charge in [-0.05, 0) is 12.1 Å². The zero-order valence-corrected chi connectivity index (χ0v) is 9.24. The molecule has 0 radical (unpaired) electrons. The van der Waals surface area contributed by atoms with E-state index in [4.69, 9.17) is 4.84 Å². The molecule has 1 heterocycles. The van der Waals surface area contributed by atoms with Gasteiger partial charge in [0.25, 0.3) is 0 Å². The Labute approximate surface area is 98.2 Å². The highest BCUT2D eigenvalue weighted by Crippen LogP contribution is 2.19. The van der Waals surface area contributed by atoms with Crippen LogP contribution in [0.4, 0.5) is 0 Å². The van der Waals surface area contributed by atoms with Gasteiger partial charge in [-0.1, -0.05) is 18.2 Å². The predicted molar refractivity (Wildman–Crippen MR) is 63.2 cm³/mol. The van der Waals surface area contributed by atoms with Gasteiger partial charge in [-0.3, -0.25) is 4.99 Å². The van der Waals surface area contributed by atoms with Crippen LogP contribution in [-0.4, -0.2) is 27.9 Å². The molecule has 0 saturated heterocycles. The SMILES string of the molecule is CN=C(On1c(O)ccc1O)c1ccccc1. The molecule has 0 aliphatic heterocycles. The molecular weight excluding hydrogens is 220 g/mol. The Bertz CT molecular complexity index is 512. The molecule has 0 aliphatic rings. The van der Waals surface area contributed by atoms with Gasteiger partial charge in [0.2, 0.25) is 17.7 Å². The summed E-state index contributed by atoms with van der Waals surface area (Å²) in [6.45, 7) is 0. The second-order valence-electron chi connectivity index (χ2n) is 3.33. The van der Waals surface area contributed by atoms with Gasteiger partial charge in [-0.15, -0.1) is 4.73 Å². The molecule has 0 amide bonds. The number of hydrogen-bond acceptors (Lipinski definition) is 4. The maximum atomic E-state index is 9.45. The van der Waals surface area contributed by atoms with Crippen molar-refractivity contribution in [2.45, 2.75) is 0 Å². The molecule has 17 heavy (non-hydrogen) atoms. The number of hydrogen-bond donors (Lipinski definition) is 2. The van der Waals surface area contributed by atoms with Crippen LogP contribution < -0.4 is 4.84 Å². The van der Waals surface area contributed by atoms with Crippen LogP contribution in [0.2, 0.25) is 0 Å². The molecule has 0 fully saturated rings. The van der Waals surface area contributed by atoms with E-state index in [1.807, 2.05) is 30.3 Å². The Balaban J connectivity index is 2.29. The van der Waals surface area contributed by atoms with Gasteiger partial charge >= 0.3 is 0 Å². The van der Waals surface area contributed by atoms with Gasteiger partial charge < -0.3 is 15.1 Å². The van der Waals surface area contributed by atoms with E-state index in [-0.39, 0.29) is 11.8 Å². The summed E-state index contributed by atoms with van der Waals surface area (Å²) < 4.78 is 0.898. The largest absolute Gasteiger partial charge is 0.492 e. The maximum Gasteiger partial charge on any atom is 0.249 e. The zero-order chi connectivity index (χ0) is 12.3. The molecule has 1 aromatic carbocycles. The van der Waals surface area contributed by atoms with E-state index >= 15 is 0 Å². The fraction of sp³-hybridized carbons (Fsp3) is 0.0833. The Morgan fingerprint density at radius 3 is 2.18 bits per heavy atom. The first-order valence-electron chi connectivity index (χ1n) is 5.02. The first kappa shape index (κ1) is 11.1. The predicted octanol–water partition coefficient (Wildman–Crippen LogP) is 1.40. The zero-order valence-electron chi connectivity index (χ0n) is 9.24. The van der Waals surface area contributed by atoms with E-state index in [2.05, 4.69) is 4.99 Å². The minimum Gasteiger partial charge on any atom is -0.492 e. The van der Waals surface area contributed by atoms with Crippen molar-refractivity contribution in [2.24, 2.45) is 4.99 Å². The van der Waals surface area contributed by atoms with Gasteiger partial charge in [0.1, 0.15) is 0 Å². The van der Waals surface area contributed by atoms with Crippen LogP contribution in [0.1, 0.15) is 5.56 Å². The van der Waals surface area contributed by atoms with Crippen LogP contribution in [0.25, 0.3) is 0 Å². The van der Waals surface area contributed by atoms with E-state index in [1.165, 1.54) is 12.1 Å². The van der Waals surface area contributed by atoms with Crippen molar-refractivity contribution < 1.29 is 15.1 Å². The van der Waals surface area contributed by atoms with Crippen LogP contribution in [-0.2, 0) is 0 Å². The Morgan fingerprint density at radius 2 is 1.65 bits per heavy atom. The first-order valence-corrected chi connectivity index (χ1v) is 5.02. The topological polar surface area (TPSA) is 67.0 Å². The molecule has 0 aliphatic carbocycles. The van der Waals surface area contributed by atoms with Gasteiger partial charge in [0.05, 0.1) is 0 Å². The number of benzene rings is 1. The molecule has 0 saturated carbocycles. The molecule has 2 N–H and O–H groups in total. The third-order valence-corrected chi connectivity index (χ3v) is 2.20. The summed E-state index contributed by atoms with van der Waals surface area (Å²) >= 11 is 0. The van der Waals surface area contributed by atoms with Crippen LogP contribution in [0.5, 0.6) is 11.8 Å². The molecular formula is C12H12N2O3. The van der Waals surface area contributed by atoms with Crippen molar-refractivity contribution in [1.82, 2.24) is 4.73 Å². The molecule has 0 spiro atoms. The monoisotopic (exact) mass is 232 g/mol. The average molecular weight is 232 g/mol. The molecule has 5 nitrogen and oxygen atoms in total. The van der Waals surface area contributed by atoms with Crippen LogP contribution >= 0.6 is 0 Å². The fourth-order valence-electron chi connectivity index (χ4n) is 1.39. The quantitative estimate of drug-likeness (QED) is 0.607. The number of aromatic nitrogens is 1. The number of rotatable bonds is 2. The normalized spacial score (nSPS) is 11.5. The van der Waals surface area contributed by atoms with Crippen molar-refractivity contribution in [3.8, 4) is 11.8 Å². The summed E-state index contributed by atoms with van der Waals surface area (Å²) in [4.78, 5) is 9.28. The van der Waals surface area contributed by atoms with Crippen LogP contribution in [0, 0.1) is 0 Å². The number of nitrogens with zero attached hydrogens (tertiary/aromatic N) is 2. The molecule has 0 unspecified atom stereocenters. The van der Waals surface area contributed by atoms with E-state index in [0.29, 0.717) is 5.90 Å². The second-order valence-corrected chi connectivity index (χ2v) is 3.33. The van der Waals surface area contributed by atoms with Crippen LogP contribution in [0.15, 0.2) is 47.5 Å². The van der Waals surface area contributed by atoms with Crippen LogP contribution in [0.3, 0.4) is 0 Å². The summed E-state index contributed by atoms with van der Waals surface area (Å²) in [5.41, 5.74) is 0.752. The van der Waals surface area contributed by atoms with Crippen molar-refractivity contribution >= 4 is 5.90 Å². The third-order valence-electron chi connectivity index (χ3n) is 2.20. The lowest BCUT2D eigenvalue weighted by molar-refractivity contribution is 0.188.